The largest absolute Gasteiger partial charge is 0.354 e. The molecule has 5 nitrogen and oxygen atoms in total. The molecule has 0 aliphatic heterocycles. The van der Waals surface area contributed by atoms with Crippen LogP contribution >= 0.6 is 11.3 Å². The Morgan fingerprint density at radius 1 is 1.12 bits per heavy atom. The number of hydrogen-bond donors (Lipinski definition) is 2. The third kappa shape index (κ3) is 4.54. The molecule has 24 heavy (non-hydrogen) atoms. The number of rotatable bonds is 6. The van der Waals surface area contributed by atoms with Gasteiger partial charge in [-0.1, -0.05) is 31.4 Å². The molecule has 128 valence electrons. The fourth-order valence-corrected chi connectivity index (χ4v) is 4.04. The minimum atomic E-state index is -0.139. The molecule has 2 N–H and O–H groups in total. The second kappa shape index (κ2) is 8.24. The van der Waals surface area contributed by atoms with Crippen molar-refractivity contribution in [1.29, 1.82) is 0 Å². The lowest BCUT2D eigenvalue weighted by molar-refractivity contribution is -0.129. The van der Waals surface area contributed by atoms with Crippen LogP contribution in [0.2, 0.25) is 0 Å². The molecule has 1 heterocycles. The van der Waals surface area contributed by atoms with Crippen LogP contribution in [0.5, 0.6) is 0 Å². The number of amides is 2. The van der Waals surface area contributed by atoms with Gasteiger partial charge in [0, 0.05) is 18.9 Å². The van der Waals surface area contributed by atoms with E-state index in [4.69, 9.17) is 0 Å². The van der Waals surface area contributed by atoms with Crippen molar-refractivity contribution in [3.05, 3.63) is 29.3 Å². The Hall–Kier alpha value is -1.95. The Morgan fingerprint density at radius 2 is 1.92 bits per heavy atom. The van der Waals surface area contributed by atoms with Gasteiger partial charge >= 0.3 is 0 Å². The van der Waals surface area contributed by atoms with Crippen molar-refractivity contribution in [3.8, 4) is 0 Å². The molecule has 0 saturated heterocycles. The van der Waals surface area contributed by atoms with Gasteiger partial charge in [-0.15, -0.1) is 11.3 Å². The molecule has 0 spiro atoms. The van der Waals surface area contributed by atoms with Gasteiger partial charge < -0.3 is 10.6 Å². The molecule has 1 aliphatic carbocycles. The third-order valence-electron chi connectivity index (χ3n) is 4.40. The number of thiazole rings is 1. The van der Waals surface area contributed by atoms with Crippen LogP contribution < -0.4 is 10.6 Å². The van der Waals surface area contributed by atoms with Gasteiger partial charge in [0.1, 0.15) is 0 Å². The third-order valence-corrected chi connectivity index (χ3v) is 5.49. The van der Waals surface area contributed by atoms with Gasteiger partial charge in [-0.2, -0.15) is 0 Å². The van der Waals surface area contributed by atoms with E-state index in [-0.39, 0.29) is 24.3 Å². The van der Waals surface area contributed by atoms with E-state index < -0.39 is 0 Å². The lowest BCUT2D eigenvalue weighted by Crippen LogP contribution is -2.40. The molecule has 0 atom stereocenters. The Labute approximate surface area is 145 Å². The van der Waals surface area contributed by atoms with Gasteiger partial charge in [0.2, 0.25) is 11.8 Å². The Bertz CT molecular complexity index is 674. The predicted molar refractivity (Wildman–Crippen MR) is 95.9 cm³/mol. The van der Waals surface area contributed by atoms with E-state index in [2.05, 4.69) is 21.7 Å². The first-order valence-electron chi connectivity index (χ1n) is 8.61. The monoisotopic (exact) mass is 345 g/mol. The van der Waals surface area contributed by atoms with Gasteiger partial charge in [-0.25, -0.2) is 4.98 Å². The zero-order chi connectivity index (χ0) is 16.8. The number of hydrogen-bond acceptors (Lipinski definition) is 4. The molecule has 1 fully saturated rings. The normalized spacial score (nSPS) is 15.3. The van der Waals surface area contributed by atoms with Crippen molar-refractivity contribution in [1.82, 2.24) is 15.6 Å². The highest BCUT2D eigenvalue weighted by Gasteiger charge is 2.21. The molecule has 0 radical (unpaired) electrons. The summed E-state index contributed by atoms with van der Waals surface area (Å²) in [7, 11) is 0. The van der Waals surface area contributed by atoms with Crippen LogP contribution in [-0.2, 0) is 16.0 Å². The first-order chi connectivity index (χ1) is 11.7. The molecule has 1 saturated carbocycles. The summed E-state index contributed by atoms with van der Waals surface area (Å²) in [6.45, 7) is 0.604. The minimum absolute atomic E-state index is 0.0241. The van der Waals surface area contributed by atoms with E-state index in [1.165, 1.54) is 11.1 Å². The maximum Gasteiger partial charge on any atom is 0.239 e. The van der Waals surface area contributed by atoms with E-state index in [0.29, 0.717) is 13.0 Å². The molecule has 3 rings (SSSR count). The Kier molecular flexibility index (Phi) is 5.80. The van der Waals surface area contributed by atoms with Crippen LogP contribution in [0.1, 0.15) is 37.1 Å². The van der Waals surface area contributed by atoms with Gasteiger partial charge in [0.05, 0.1) is 21.8 Å². The SMILES string of the molecule is O=C(CNC(=O)C1CCCCC1)NCCc1nc2ccccc2s1. The zero-order valence-corrected chi connectivity index (χ0v) is 14.5. The first-order valence-corrected chi connectivity index (χ1v) is 9.43. The maximum atomic E-state index is 12.0. The average Bonchev–Trinajstić information content (AvgIpc) is 3.03. The number of benzene rings is 1. The summed E-state index contributed by atoms with van der Waals surface area (Å²) in [5.41, 5.74) is 1.00. The minimum Gasteiger partial charge on any atom is -0.354 e. The second-order valence-corrected chi connectivity index (χ2v) is 7.34. The van der Waals surface area contributed by atoms with E-state index >= 15 is 0 Å². The summed E-state index contributed by atoms with van der Waals surface area (Å²) in [5.74, 6) is -0.0226. The lowest BCUT2D eigenvalue weighted by atomic mass is 9.89. The number of para-hydroxylation sites is 1. The van der Waals surface area contributed by atoms with Crippen molar-refractivity contribution in [2.24, 2.45) is 5.92 Å². The summed E-state index contributed by atoms with van der Waals surface area (Å²) in [5, 5.41) is 6.62. The van der Waals surface area contributed by atoms with Crippen molar-refractivity contribution >= 4 is 33.4 Å². The van der Waals surface area contributed by atoms with Crippen molar-refractivity contribution in [2.75, 3.05) is 13.1 Å². The number of nitrogens with zero attached hydrogens (tertiary/aromatic N) is 1. The lowest BCUT2D eigenvalue weighted by Gasteiger charge is -2.20. The van der Waals surface area contributed by atoms with E-state index in [1.807, 2.05) is 18.2 Å². The van der Waals surface area contributed by atoms with Gasteiger partial charge in [-0.05, 0) is 25.0 Å². The number of nitrogens with one attached hydrogen (secondary N) is 2. The highest BCUT2D eigenvalue weighted by atomic mass is 32.1. The molecule has 1 aromatic heterocycles. The summed E-state index contributed by atoms with van der Waals surface area (Å²) in [4.78, 5) is 28.4. The number of aromatic nitrogens is 1. The highest BCUT2D eigenvalue weighted by Crippen LogP contribution is 2.23. The molecule has 2 aromatic rings. The standard InChI is InChI=1S/C18H23N3O2S/c22-16(12-20-18(23)13-6-2-1-3-7-13)19-11-10-17-21-14-8-4-5-9-15(14)24-17/h4-5,8-9,13H,1-3,6-7,10-12H2,(H,19,22)(H,20,23). The fraction of sp³-hybridized carbons (Fsp3) is 0.500. The number of carbonyl (C=O) groups excluding carboxylic acids is 2. The van der Waals surface area contributed by atoms with Crippen LogP contribution in [0, 0.1) is 5.92 Å². The first kappa shape index (κ1) is 16.9. The van der Waals surface area contributed by atoms with Crippen molar-refractivity contribution in [3.63, 3.8) is 0 Å². The molecule has 1 aliphatic rings. The molecular formula is C18H23N3O2S. The number of fused-ring (bicyclic) bond motifs is 1. The van der Waals surface area contributed by atoms with Crippen LogP contribution in [0.4, 0.5) is 0 Å². The Morgan fingerprint density at radius 3 is 2.71 bits per heavy atom. The van der Waals surface area contributed by atoms with Crippen LogP contribution in [0.15, 0.2) is 24.3 Å². The Balaban J connectivity index is 1.37. The molecule has 0 unspecified atom stereocenters. The average molecular weight is 345 g/mol. The van der Waals surface area contributed by atoms with Gasteiger partial charge in [0.25, 0.3) is 0 Å². The smallest absolute Gasteiger partial charge is 0.239 e. The van der Waals surface area contributed by atoms with E-state index in [1.54, 1.807) is 11.3 Å². The summed E-state index contributed by atoms with van der Waals surface area (Å²) in [6, 6.07) is 8.02. The molecule has 2 amide bonds. The zero-order valence-electron chi connectivity index (χ0n) is 13.7. The fourth-order valence-electron chi connectivity index (χ4n) is 3.07. The van der Waals surface area contributed by atoms with E-state index in [0.717, 1.165) is 36.2 Å². The predicted octanol–water partition coefficient (Wildman–Crippen LogP) is 2.65. The van der Waals surface area contributed by atoms with Gasteiger partial charge in [-0.3, -0.25) is 9.59 Å². The van der Waals surface area contributed by atoms with Crippen LogP contribution in [0.3, 0.4) is 0 Å². The van der Waals surface area contributed by atoms with Gasteiger partial charge in [0.15, 0.2) is 0 Å². The highest BCUT2D eigenvalue weighted by molar-refractivity contribution is 7.18. The summed E-state index contributed by atoms with van der Waals surface area (Å²) < 4.78 is 1.17. The molecule has 1 aromatic carbocycles. The van der Waals surface area contributed by atoms with Crippen molar-refractivity contribution < 1.29 is 9.59 Å². The quantitative estimate of drug-likeness (QED) is 0.845. The van der Waals surface area contributed by atoms with Crippen LogP contribution in [0.25, 0.3) is 10.2 Å². The van der Waals surface area contributed by atoms with Crippen molar-refractivity contribution in [2.45, 2.75) is 38.5 Å². The van der Waals surface area contributed by atoms with E-state index in [9.17, 15) is 9.59 Å². The maximum absolute atomic E-state index is 12.0. The molecule has 0 bridgehead atoms. The number of carbonyl (C=O) groups is 2. The molecular weight excluding hydrogens is 322 g/mol. The molecule has 6 heteroatoms. The second-order valence-electron chi connectivity index (χ2n) is 6.23. The summed E-state index contributed by atoms with van der Waals surface area (Å²) in [6.07, 6.45) is 6.06. The van der Waals surface area contributed by atoms with Crippen LogP contribution in [-0.4, -0.2) is 29.9 Å². The summed E-state index contributed by atoms with van der Waals surface area (Å²) >= 11 is 1.65. The topological polar surface area (TPSA) is 71.1 Å².